The quantitative estimate of drug-likeness (QED) is 0.621. The number of nitrogens with one attached hydrogen (secondary N) is 1. The smallest absolute Gasteiger partial charge is 0.175 e. The number of nitrogens with two attached hydrogens (primary N) is 1. The molecule has 72 valence electrons. The zero-order chi connectivity index (χ0) is 10.1. The lowest BCUT2D eigenvalue weighted by atomic mass is 10.3. The molecule has 4 nitrogen and oxygen atoms in total. The van der Waals surface area contributed by atoms with Crippen molar-refractivity contribution in [2.45, 2.75) is 4.90 Å². The average molecular weight is 265 g/mol. The van der Waals surface area contributed by atoms with Crippen LogP contribution in [0, 0.1) is 0 Å². The number of sulfone groups is 1. The lowest BCUT2D eigenvalue weighted by Crippen LogP contribution is -2.07. The van der Waals surface area contributed by atoms with Crippen molar-refractivity contribution in [2.24, 2.45) is 5.84 Å². The number of anilines is 1. The van der Waals surface area contributed by atoms with Crippen molar-refractivity contribution in [1.82, 2.24) is 0 Å². The van der Waals surface area contributed by atoms with Crippen molar-refractivity contribution < 1.29 is 8.42 Å². The first kappa shape index (κ1) is 10.5. The minimum atomic E-state index is -3.15. The molecule has 3 N–H and O–H groups in total. The maximum atomic E-state index is 11.1. The summed E-state index contributed by atoms with van der Waals surface area (Å²) in [5.74, 6) is 5.18. The first-order valence-corrected chi connectivity index (χ1v) is 6.10. The van der Waals surface area contributed by atoms with E-state index >= 15 is 0 Å². The molecule has 13 heavy (non-hydrogen) atoms. The molecule has 0 heterocycles. The monoisotopic (exact) mass is 264 g/mol. The van der Waals surface area contributed by atoms with Gasteiger partial charge in [0.25, 0.3) is 0 Å². The molecule has 1 rings (SSSR count). The Morgan fingerprint density at radius 1 is 1.46 bits per heavy atom. The molecule has 0 saturated heterocycles. The number of benzene rings is 1. The molecule has 0 aliphatic rings. The third kappa shape index (κ3) is 2.43. The first-order valence-electron chi connectivity index (χ1n) is 3.41. The average Bonchev–Trinajstić information content (AvgIpc) is 2.02. The third-order valence-electron chi connectivity index (χ3n) is 1.52. The van der Waals surface area contributed by atoms with Gasteiger partial charge in [-0.25, -0.2) is 8.42 Å². The molecule has 6 heteroatoms. The summed E-state index contributed by atoms with van der Waals surface area (Å²) in [5.41, 5.74) is 3.08. The second-order valence-corrected chi connectivity index (χ2v) is 5.43. The fourth-order valence-corrected chi connectivity index (χ4v) is 2.14. The Morgan fingerprint density at radius 3 is 2.46 bits per heavy atom. The lowest BCUT2D eigenvalue weighted by Gasteiger charge is -2.04. The Balaban J connectivity index is 3.26. The van der Waals surface area contributed by atoms with Crippen LogP contribution >= 0.6 is 15.9 Å². The van der Waals surface area contributed by atoms with Gasteiger partial charge in [0.1, 0.15) is 0 Å². The van der Waals surface area contributed by atoms with Gasteiger partial charge in [0.05, 0.1) is 10.6 Å². The predicted molar refractivity (Wildman–Crippen MR) is 55.1 cm³/mol. The molecular formula is C7H9BrN2O2S. The summed E-state index contributed by atoms with van der Waals surface area (Å²) in [6.45, 7) is 0. The highest BCUT2D eigenvalue weighted by atomic mass is 79.9. The minimum absolute atomic E-state index is 0.262. The van der Waals surface area contributed by atoms with Crippen LogP contribution in [0.1, 0.15) is 0 Å². The van der Waals surface area contributed by atoms with Gasteiger partial charge in [-0.1, -0.05) is 0 Å². The second kappa shape index (κ2) is 3.65. The van der Waals surface area contributed by atoms with Crippen LogP contribution in [0.2, 0.25) is 0 Å². The molecule has 0 spiro atoms. The summed E-state index contributed by atoms with van der Waals surface area (Å²) in [6.07, 6.45) is 1.16. The molecular weight excluding hydrogens is 256 g/mol. The fraction of sp³-hybridized carbons (Fsp3) is 0.143. The summed E-state index contributed by atoms with van der Waals surface area (Å²) in [6, 6.07) is 4.60. The van der Waals surface area contributed by atoms with Gasteiger partial charge in [0.15, 0.2) is 9.84 Å². The van der Waals surface area contributed by atoms with E-state index in [1.165, 1.54) is 12.1 Å². The Labute approximate surface area is 85.1 Å². The van der Waals surface area contributed by atoms with Crippen LogP contribution in [0.25, 0.3) is 0 Å². The standard InChI is InChI=1S/C7H9BrN2O2S/c1-13(11,12)5-2-3-7(10-9)6(8)4-5/h2-4,10H,9H2,1H3. The molecule has 0 aliphatic heterocycles. The van der Waals surface area contributed by atoms with E-state index in [2.05, 4.69) is 21.4 Å². The number of hydrogen-bond acceptors (Lipinski definition) is 4. The van der Waals surface area contributed by atoms with Gasteiger partial charge >= 0.3 is 0 Å². The van der Waals surface area contributed by atoms with E-state index in [0.717, 1.165) is 6.26 Å². The van der Waals surface area contributed by atoms with Crippen LogP contribution in [-0.4, -0.2) is 14.7 Å². The minimum Gasteiger partial charge on any atom is -0.323 e. The highest BCUT2D eigenvalue weighted by Gasteiger charge is 2.08. The van der Waals surface area contributed by atoms with Crippen molar-refractivity contribution in [1.29, 1.82) is 0 Å². The number of rotatable bonds is 2. The van der Waals surface area contributed by atoms with Crippen LogP contribution in [0.4, 0.5) is 5.69 Å². The van der Waals surface area contributed by atoms with Crippen molar-refractivity contribution >= 4 is 31.5 Å². The van der Waals surface area contributed by atoms with Gasteiger partial charge in [-0.2, -0.15) is 0 Å². The number of nitrogen functional groups attached to an aromatic ring is 1. The maximum Gasteiger partial charge on any atom is 0.175 e. The summed E-state index contributed by atoms with van der Waals surface area (Å²) in [5, 5.41) is 0. The van der Waals surface area contributed by atoms with Gasteiger partial charge in [-0.3, -0.25) is 5.84 Å². The molecule has 0 fully saturated rings. The number of halogens is 1. The molecule has 0 amide bonds. The first-order chi connectivity index (χ1) is 5.95. The highest BCUT2D eigenvalue weighted by molar-refractivity contribution is 9.10. The van der Waals surface area contributed by atoms with E-state index in [-0.39, 0.29) is 4.90 Å². The van der Waals surface area contributed by atoms with Gasteiger partial charge in [-0.05, 0) is 34.1 Å². The Bertz CT molecular complexity index is 417. The summed E-state index contributed by atoms with van der Waals surface area (Å²) < 4.78 is 22.8. The number of hydrazine groups is 1. The zero-order valence-corrected chi connectivity index (χ0v) is 9.31. The van der Waals surface area contributed by atoms with Crippen LogP contribution in [0.15, 0.2) is 27.6 Å². The molecule has 0 radical (unpaired) electrons. The number of hydrogen-bond donors (Lipinski definition) is 2. The molecule has 0 saturated carbocycles. The fourth-order valence-electron chi connectivity index (χ4n) is 0.844. The van der Waals surface area contributed by atoms with Crippen molar-refractivity contribution in [3.05, 3.63) is 22.7 Å². The Morgan fingerprint density at radius 2 is 2.08 bits per heavy atom. The molecule has 0 aliphatic carbocycles. The lowest BCUT2D eigenvalue weighted by molar-refractivity contribution is 0.602. The summed E-state index contributed by atoms with van der Waals surface area (Å²) in [7, 11) is -3.15. The van der Waals surface area contributed by atoms with E-state index in [1.54, 1.807) is 6.07 Å². The van der Waals surface area contributed by atoms with E-state index in [9.17, 15) is 8.42 Å². The van der Waals surface area contributed by atoms with Crippen LogP contribution < -0.4 is 11.3 Å². The maximum absolute atomic E-state index is 11.1. The van der Waals surface area contributed by atoms with Crippen molar-refractivity contribution in [2.75, 3.05) is 11.7 Å². The van der Waals surface area contributed by atoms with Crippen LogP contribution in [0.5, 0.6) is 0 Å². The highest BCUT2D eigenvalue weighted by Crippen LogP contribution is 2.24. The second-order valence-electron chi connectivity index (χ2n) is 2.56. The molecule has 0 atom stereocenters. The summed E-state index contributed by atoms with van der Waals surface area (Å²) in [4.78, 5) is 0.262. The van der Waals surface area contributed by atoms with Crippen molar-refractivity contribution in [3.8, 4) is 0 Å². The molecule has 0 bridgehead atoms. The van der Waals surface area contributed by atoms with Gasteiger partial charge in [-0.15, -0.1) is 0 Å². The largest absolute Gasteiger partial charge is 0.323 e. The van der Waals surface area contributed by atoms with E-state index in [4.69, 9.17) is 5.84 Å². The third-order valence-corrected chi connectivity index (χ3v) is 3.29. The van der Waals surface area contributed by atoms with E-state index in [1.807, 2.05) is 0 Å². The van der Waals surface area contributed by atoms with Crippen molar-refractivity contribution in [3.63, 3.8) is 0 Å². The van der Waals surface area contributed by atoms with E-state index < -0.39 is 9.84 Å². The van der Waals surface area contributed by atoms with Gasteiger partial charge < -0.3 is 5.43 Å². The van der Waals surface area contributed by atoms with Gasteiger partial charge in [0, 0.05) is 10.7 Å². The van der Waals surface area contributed by atoms with Crippen LogP contribution in [0.3, 0.4) is 0 Å². The SMILES string of the molecule is CS(=O)(=O)c1ccc(NN)c(Br)c1. The Kier molecular flexibility index (Phi) is 2.94. The Hall–Kier alpha value is -0.590. The molecule has 1 aromatic rings. The predicted octanol–water partition coefficient (Wildman–Crippen LogP) is 1.14. The zero-order valence-electron chi connectivity index (χ0n) is 6.91. The van der Waals surface area contributed by atoms with E-state index in [0.29, 0.717) is 10.2 Å². The molecule has 0 unspecified atom stereocenters. The summed E-state index contributed by atoms with van der Waals surface area (Å²) >= 11 is 3.19. The van der Waals surface area contributed by atoms with Crippen LogP contribution in [-0.2, 0) is 9.84 Å². The van der Waals surface area contributed by atoms with Gasteiger partial charge in [0.2, 0.25) is 0 Å². The normalized spacial score (nSPS) is 11.3. The molecule has 0 aromatic heterocycles. The topological polar surface area (TPSA) is 72.2 Å². The molecule has 1 aromatic carbocycles.